The molecule has 0 spiro atoms. The van der Waals surface area contributed by atoms with Gasteiger partial charge in [-0.15, -0.1) is 0 Å². The van der Waals surface area contributed by atoms with Crippen LogP contribution < -0.4 is 5.32 Å². The fourth-order valence-electron chi connectivity index (χ4n) is 2.34. The van der Waals surface area contributed by atoms with E-state index in [1.807, 2.05) is 34.7 Å². The molecule has 1 N–H and O–H groups in total. The highest BCUT2D eigenvalue weighted by atomic mass is 16.5. The molecule has 0 aliphatic heterocycles. The Morgan fingerprint density at radius 3 is 2.53 bits per heavy atom. The van der Waals surface area contributed by atoms with E-state index >= 15 is 0 Å². The first kappa shape index (κ1) is 13.1. The quantitative estimate of drug-likeness (QED) is 0.915. The fraction of sp³-hybridized carbons (Fsp3) is 0.462. The third-order valence-corrected chi connectivity index (χ3v) is 3.21. The van der Waals surface area contributed by atoms with E-state index in [4.69, 9.17) is 4.52 Å². The Morgan fingerprint density at radius 1 is 1.32 bits per heavy atom. The first-order valence-corrected chi connectivity index (χ1v) is 6.08. The molecule has 2 heterocycles. The van der Waals surface area contributed by atoms with Gasteiger partial charge >= 0.3 is 0 Å². The summed E-state index contributed by atoms with van der Waals surface area (Å²) in [4.78, 5) is 0. The van der Waals surface area contributed by atoms with E-state index in [2.05, 4.69) is 21.6 Å². The summed E-state index contributed by atoms with van der Waals surface area (Å²) in [7, 11) is 1.82. The minimum Gasteiger partial charge on any atom is -0.362 e. The topological polar surface area (TPSA) is 79.7 Å². The predicted octanol–water partition coefficient (Wildman–Crippen LogP) is 2.38. The molecule has 6 nitrogen and oxygen atoms in total. The summed E-state index contributed by atoms with van der Waals surface area (Å²) in [6.07, 6.45) is 0. The van der Waals surface area contributed by atoms with E-state index in [0.29, 0.717) is 11.4 Å². The van der Waals surface area contributed by atoms with Crippen LogP contribution in [0.5, 0.6) is 0 Å². The van der Waals surface area contributed by atoms with Gasteiger partial charge in [-0.2, -0.15) is 10.4 Å². The van der Waals surface area contributed by atoms with Gasteiger partial charge in [0.05, 0.1) is 17.4 Å². The number of anilines is 1. The molecule has 2 rings (SSSR count). The monoisotopic (exact) mass is 259 g/mol. The summed E-state index contributed by atoms with van der Waals surface area (Å²) in [5.74, 6) is 1.50. The van der Waals surface area contributed by atoms with E-state index in [1.165, 1.54) is 0 Å². The van der Waals surface area contributed by atoms with Crippen molar-refractivity contribution in [3.05, 3.63) is 28.3 Å². The molecule has 1 unspecified atom stereocenters. The SMILES string of the molecule is Cc1nn(C)c(NC(C)c2c(C)noc2C)c1C#N. The normalized spacial score (nSPS) is 12.2. The van der Waals surface area contributed by atoms with Crippen LogP contribution in [0, 0.1) is 32.1 Å². The first-order chi connectivity index (χ1) is 8.95. The van der Waals surface area contributed by atoms with Crippen LogP contribution >= 0.6 is 0 Å². The lowest BCUT2D eigenvalue weighted by Crippen LogP contribution is -2.12. The van der Waals surface area contributed by atoms with Crippen molar-refractivity contribution in [1.82, 2.24) is 14.9 Å². The van der Waals surface area contributed by atoms with Crippen LogP contribution in [0.4, 0.5) is 5.82 Å². The second-order valence-corrected chi connectivity index (χ2v) is 4.65. The average Bonchev–Trinajstić information content (AvgIpc) is 2.80. The van der Waals surface area contributed by atoms with Crippen molar-refractivity contribution in [3.63, 3.8) is 0 Å². The molecular formula is C13H17N5O. The van der Waals surface area contributed by atoms with Gasteiger partial charge < -0.3 is 9.84 Å². The lowest BCUT2D eigenvalue weighted by atomic mass is 10.1. The third kappa shape index (κ3) is 2.19. The molecule has 0 aromatic carbocycles. The lowest BCUT2D eigenvalue weighted by molar-refractivity contribution is 0.392. The number of hydrogen-bond acceptors (Lipinski definition) is 5. The molecule has 0 bridgehead atoms. The molecule has 0 radical (unpaired) electrons. The van der Waals surface area contributed by atoms with E-state index in [1.54, 1.807) is 4.68 Å². The van der Waals surface area contributed by atoms with Crippen molar-refractivity contribution in [1.29, 1.82) is 5.26 Å². The summed E-state index contributed by atoms with van der Waals surface area (Å²) in [5, 5.41) is 20.7. The standard InChI is InChI=1S/C13H17N5O/c1-7-11(6-14)13(18(5)16-7)15-8(2)12-9(3)17-19-10(12)4/h8,15H,1-5H3. The van der Waals surface area contributed by atoms with Crippen LogP contribution in [-0.4, -0.2) is 14.9 Å². The summed E-state index contributed by atoms with van der Waals surface area (Å²) in [5.41, 5.74) is 3.16. The number of nitrogens with zero attached hydrogens (tertiary/aromatic N) is 4. The molecule has 0 fully saturated rings. The first-order valence-electron chi connectivity index (χ1n) is 6.08. The molecule has 0 aliphatic rings. The van der Waals surface area contributed by atoms with Crippen LogP contribution in [0.25, 0.3) is 0 Å². The largest absolute Gasteiger partial charge is 0.362 e. The van der Waals surface area contributed by atoms with Crippen LogP contribution in [0.15, 0.2) is 4.52 Å². The molecule has 19 heavy (non-hydrogen) atoms. The van der Waals surface area contributed by atoms with Crippen molar-refractivity contribution in [3.8, 4) is 6.07 Å². The van der Waals surface area contributed by atoms with Crippen LogP contribution in [-0.2, 0) is 7.05 Å². The molecule has 0 saturated heterocycles. The number of rotatable bonds is 3. The highest BCUT2D eigenvalue weighted by Gasteiger charge is 2.20. The molecule has 0 saturated carbocycles. The van der Waals surface area contributed by atoms with Crippen molar-refractivity contribution >= 4 is 5.82 Å². The Labute approximate surface area is 112 Å². The summed E-state index contributed by atoms with van der Waals surface area (Å²) in [6, 6.07) is 2.17. The maximum Gasteiger partial charge on any atom is 0.142 e. The van der Waals surface area contributed by atoms with E-state index in [9.17, 15) is 5.26 Å². The second kappa shape index (κ2) is 4.76. The molecule has 2 aromatic rings. The lowest BCUT2D eigenvalue weighted by Gasteiger charge is -2.15. The zero-order chi connectivity index (χ0) is 14.2. The van der Waals surface area contributed by atoms with Crippen molar-refractivity contribution in [2.75, 3.05) is 5.32 Å². The van der Waals surface area contributed by atoms with Gasteiger partial charge in [-0.1, -0.05) is 5.16 Å². The van der Waals surface area contributed by atoms with Gasteiger partial charge in [-0.05, 0) is 27.7 Å². The van der Waals surface area contributed by atoms with Gasteiger partial charge in [-0.25, -0.2) is 0 Å². The van der Waals surface area contributed by atoms with Gasteiger partial charge in [0.15, 0.2) is 0 Å². The minimum absolute atomic E-state index is 0.00634. The smallest absolute Gasteiger partial charge is 0.142 e. The van der Waals surface area contributed by atoms with Gasteiger partial charge in [0.1, 0.15) is 23.2 Å². The molecule has 6 heteroatoms. The summed E-state index contributed by atoms with van der Waals surface area (Å²) >= 11 is 0. The van der Waals surface area contributed by atoms with Crippen LogP contribution in [0.2, 0.25) is 0 Å². The van der Waals surface area contributed by atoms with E-state index in [0.717, 1.165) is 22.7 Å². The van der Waals surface area contributed by atoms with Crippen molar-refractivity contribution in [2.45, 2.75) is 33.7 Å². The number of nitriles is 1. The van der Waals surface area contributed by atoms with E-state index in [-0.39, 0.29) is 6.04 Å². The van der Waals surface area contributed by atoms with Crippen LogP contribution in [0.1, 0.15) is 41.2 Å². The number of hydrogen-bond donors (Lipinski definition) is 1. The summed E-state index contributed by atoms with van der Waals surface area (Å²) in [6.45, 7) is 7.62. The Hall–Kier alpha value is -2.29. The Morgan fingerprint density at radius 2 is 2.00 bits per heavy atom. The van der Waals surface area contributed by atoms with Gasteiger partial charge in [0.25, 0.3) is 0 Å². The highest BCUT2D eigenvalue weighted by molar-refractivity contribution is 5.56. The van der Waals surface area contributed by atoms with Gasteiger partial charge in [0, 0.05) is 12.6 Å². The molecule has 100 valence electrons. The van der Waals surface area contributed by atoms with E-state index < -0.39 is 0 Å². The third-order valence-electron chi connectivity index (χ3n) is 3.21. The molecule has 0 amide bonds. The molecule has 2 aromatic heterocycles. The predicted molar refractivity (Wildman–Crippen MR) is 70.7 cm³/mol. The minimum atomic E-state index is -0.00634. The molecule has 1 atom stereocenters. The van der Waals surface area contributed by atoms with Crippen molar-refractivity contribution < 1.29 is 4.52 Å². The zero-order valence-electron chi connectivity index (χ0n) is 11.8. The highest BCUT2D eigenvalue weighted by Crippen LogP contribution is 2.27. The number of aromatic nitrogens is 3. The maximum absolute atomic E-state index is 9.19. The molecular weight excluding hydrogens is 242 g/mol. The average molecular weight is 259 g/mol. The second-order valence-electron chi connectivity index (χ2n) is 4.65. The van der Waals surface area contributed by atoms with Gasteiger partial charge in [-0.3, -0.25) is 4.68 Å². The molecule has 0 aliphatic carbocycles. The Kier molecular flexibility index (Phi) is 3.30. The number of nitrogens with one attached hydrogen (secondary N) is 1. The van der Waals surface area contributed by atoms with Gasteiger partial charge in [0.2, 0.25) is 0 Å². The Balaban J connectivity index is 2.35. The summed E-state index contributed by atoms with van der Waals surface area (Å²) < 4.78 is 6.85. The maximum atomic E-state index is 9.19. The zero-order valence-corrected chi connectivity index (χ0v) is 11.8. The Bertz CT molecular complexity index is 627. The number of aryl methyl sites for hydroxylation is 4. The fourth-order valence-corrected chi connectivity index (χ4v) is 2.34. The van der Waals surface area contributed by atoms with Crippen molar-refractivity contribution in [2.24, 2.45) is 7.05 Å². The van der Waals surface area contributed by atoms with Crippen LogP contribution in [0.3, 0.4) is 0 Å².